The van der Waals surface area contributed by atoms with E-state index < -0.39 is 0 Å². The lowest BCUT2D eigenvalue weighted by molar-refractivity contribution is -0.147. The number of hydrogen-bond acceptors (Lipinski definition) is 3. The SMILES string of the molecule is CC(CCc1ccccc1)C(=O)OCN.c1cc2cc(c1)C2. The normalized spacial score (nSPS) is 12.5. The van der Waals surface area contributed by atoms with E-state index in [1.54, 1.807) is 0 Å². The Labute approximate surface area is 132 Å². The van der Waals surface area contributed by atoms with Crippen LogP contribution in [0.1, 0.15) is 30.0 Å². The number of fused-ring (bicyclic) bond motifs is 2. The molecular weight excluding hydrogens is 274 g/mol. The van der Waals surface area contributed by atoms with Gasteiger partial charge < -0.3 is 4.74 Å². The van der Waals surface area contributed by atoms with Crippen molar-refractivity contribution >= 4 is 5.97 Å². The number of hydrogen-bond donors (Lipinski definition) is 1. The highest BCUT2D eigenvalue weighted by Gasteiger charge is 2.13. The molecule has 0 saturated carbocycles. The summed E-state index contributed by atoms with van der Waals surface area (Å²) in [5.41, 5.74) is 9.34. The van der Waals surface area contributed by atoms with Gasteiger partial charge in [-0.3, -0.25) is 10.5 Å². The molecule has 2 aliphatic carbocycles. The number of benzene rings is 2. The number of ether oxygens (including phenoxy) is 1. The molecule has 0 spiro atoms. The molecule has 0 aromatic heterocycles. The van der Waals surface area contributed by atoms with Gasteiger partial charge in [-0.15, -0.1) is 0 Å². The van der Waals surface area contributed by atoms with Gasteiger partial charge in [0.15, 0.2) is 0 Å². The van der Waals surface area contributed by atoms with Crippen LogP contribution < -0.4 is 5.73 Å². The number of rotatable bonds is 5. The van der Waals surface area contributed by atoms with E-state index in [1.165, 1.54) is 23.1 Å². The maximum Gasteiger partial charge on any atom is 0.309 e. The van der Waals surface area contributed by atoms with Crippen molar-refractivity contribution in [2.75, 3.05) is 6.73 Å². The molecule has 0 amide bonds. The molecular formula is C19H23NO2. The van der Waals surface area contributed by atoms with Crippen molar-refractivity contribution in [1.29, 1.82) is 0 Å². The first-order valence-electron chi connectivity index (χ1n) is 7.67. The van der Waals surface area contributed by atoms with Crippen molar-refractivity contribution in [3.63, 3.8) is 0 Å². The molecule has 1 unspecified atom stereocenters. The molecule has 22 heavy (non-hydrogen) atoms. The summed E-state index contributed by atoms with van der Waals surface area (Å²) in [4.78, 5) is 11.3. The topological polar surface area (TPSA) is 52.3 Å². The summed E-state index contributed by atoms with van der Waals surface area (Å²) < 4.78 is 4.73. The minimum Gasteiger partial charge on any atom is -0.450 e. The zero-order valence-corrected chi connectivity index (χ0v) is 13.0. The highest BCUT2D eigenvalue weighted by molar-refractivity contribution is 5.71. The van der Waals surface area contributed by atoms with E-state index in [4.69, 9.17) is 10.5 Å². The quantitative estimate of drug-likeness (QED) is 0.580. The summed E-state index contributed by atoms with van der Waals surface area (Å²) in [5, 5.41) is 0. The van der Waals surface area contributed by atoms with Crippen LogP contribution >= 0.6 is 0 Å². The molecule has 1 atom stereocenters. The fourth-order valence-electron chi connectivity index (χ4n) is 2.32. The third-order valence-corrected chi connectivity index (χ3v) is 3.74. The molecule has 0 radical (unpaired) electrons. The van der Waals surface area contributed by atoms with Gasteiger partial charge in [-0.05, 0) is 36.0 Å². The van der Waals surface area contributed by atoms with E-state index >= 15 is 0 Å². The standard InChI is InChI=1S/C12H17NO2.C7H6/c1-10(12(14)15-9-13)7-8-11-5-3-2-4-6-11;1-2-6-4-7(3-1)5-6/h2-6,10H,7-9,13H2,1H3;1-4H,5H2. The van der Waals surface area contributed by atoms with Crippen LogP contribution in [0.15, 0.2) is 54.6 Å². The Kier molecular flexibility index (Phi) is 6.16. The molecule has 4 rings (SSSR count). The predicted octanol–water partition coefficient (Wildman–Crippen LogP) is 3.31. The lowest BCUT2D eigenvalue weighted by Crippen LogP contribution is -2.19. The Morgan fingerprint density at radius 1 is 1.14 bits per heavy atom. The van der Waals surface area contributed by atoms with E-state index in [0.717, 1.165) is 12.8 Å². The van der Waals surface area contributed by atoms with Gasteiger partial charge in [0.1, 0.15) is 6.73 Å². The van der Waals surface area contributed by atoms with Gasteiger partial charge in [0.2, 0.25) is 0 Å². The van der Waals surface area contributed by atoms with Crippen molar-refractivity contribution in [3.05, 3.63) is 71.3 Å². The van der Waals surface area contributed by atoms with Crippen molar-refractivity contribution in [2.45, 2.75) is 26.2 Å². The summed E-state index contributed by atoms with van der Waals surface area (Å²) in [6, 6.07) is 18.7. The monoisotopic (exact) mass is 297 g/mol. The maximum absolute atomic E-state index is 11.3. The first-order chi connectivity index (χ1) is 10.7. The molecule has 0 saturated heterocycles. The molecule has 2 aromatic carbocycles. The summed E-state index contributed by atoms with van der Waals surface area (Å²) >= 11 is 0. The molecule has 0 heterocycles. The Hall–Kier alpha value is -2.13. The van der Waals surface area contributed by atoms with Gasteiger partial charge in [-0.2, -0.15) is 0 Å². The molecule has 0 fully saturated rings. The third-order valence-electron chi connectivity index (χ3n) is 3.74. The minimum atomic E-state index is -0.214. The molecule has 0 aliphatic heterocycles. The van der Waals surface area contributed by atoms with Crippen molar-refractivity contribution in [1.82, 2.24) is 0 Å². The van der Waals surface area contributed by atoms with E-state index in [1.807, 2.05) is 25.1 Å². The van der Waals surface area contributed by atoms with Crippen molar-refractivity contribution in [3.8, 4) is 0 Å². The Morgan fingerprint density at radius 2 is 1.77 bits per heavy atom. The van der Waals surface area contributed by atoms with Gasteiger partial charge >= 0.3 is 5.97 Å². The molecule has 2 aromatic rings. The van der Waals surface area contributed by atoms with Crippen LogP contribution in [0.25, 0.3) is 0 Å². The zero-order chi connectivity index (χ0) is 15.8. The van der Waals surface area contributed by atoms with Gasteiger partial charge in [0.05, 0.1) is 5.92 Å². The summed E-state index contributed by atoms with van der Waals surface area (Å²) in [6.07, 6.45) is 2.90. The average Bonchev–Trinajstić information content (AvgIpc) is 2.54. The van der Waals surface area contributed by atoms with Crippen LogP contribution in [-0.2, 0) is 22.4 Å². The number of nitrogens with two attached hydrogens (primary N) is 1. The number of carbonyl (C=O) groups is 1. The maximum atomic E-state index is 11.3. The molecule has 3 heteroatoms. The Balaban J connectivity index is 0.000000205. The van der Waals surface area contributed by atoms with E-state index in [0.29, 0.717) is 0 Å². The van der Waals surface area contributed by atoms with E-state index in [2.05, 4.69) is 36.4 Å². The summed E-state index contributed by atoms with van der Waals surface area (Å²) in [6.45, 7) is 1.83. The van der Waals surface area contributed by atoms with Crippen LogP contribution in [0.3, 0.4) is 0 Å². The average molecular weight is 297 g/mol. The summed E-state index contributed by atoms with van der Waals surface area (Å²) in [5.74, 6) is -0.304. The molecule has 2 bridgehead atoms. The fraction of sp³-hybridized carbons (Fsp3) is 0.316. The second-order valence-corrected chi connectivity index (χ2v) is 5.55. The van der Waals surface area contributed by atoms with E-state index in [9.17, 15) is 4.79 Å². The fourth-order valence-corrected chi connectivity index (χ4v) is 2.32. The number of aryl methyl sites for hydroxylation is 1. The number of carbonyl (C=O) groups excluding carboxylic acids is 1. The highest BCUT2D eigenvalue weighted by atomic mass is 16.5. The van der Waals surface area contributed by atoms with Gasteiger partial charge in [0.25, 0.3) is 0 Å². The molecule has 3 nitrogen and oxygen atoms in total. The van der Waals surface area contributed by atoms with Crippen LogP contribution in [0.2, 0.25) is 0 Å². The second-order valence-electron chi connectivity index (χ2n) is 5.55. The van der Waals surface area contributed by atoms with Gasteiger partial charge in [-0.1, -0.05) is 61.5 Å². The van der Waals surface area contributed by atoms with Crippen LogP contribution in [0.4, 0.5) is 0 Å². The van der Waals surface area contributed by atoms with Gasteiger partial charge in [0, 0.05) is 0 Å². The highest BCUT2D eigenvalue weighted by Crippen LogP contribution is 2.18. The molecule has 2 aliphatic rings. The molecule has 2 N–H and O–H groups in total. The Morgan fingerprint density at radius 3 is 2.23 bits per heavy atom. The molecule has 116 valence electrons. The third kappa shape index (κ3) is 5.01. The number of esters is 1. The smallest absolute Gasteiger partial charge is 0.309 e. The lowest BCUT2D eigenvalue weighted by atomic mass is 9.94. The van der Waals surface area contributed by atoms with Crippen molar-refractivity contribution < 1.29 is 9.53 Å². The van der Waals surface area contributed by atoms with Crippen LogP contribution in [0, 0.1) is 5.92 Å². The minimum absolute atomic E-state index is 0.0332. The van der Waals surface area contributed by atoms with Crippen LogP contribution in [-0.4, -0.2) is 12.7 Å². The summed E-state index contributed by atoms with van der Waals surface area (Å²) in [7, 11) is 0. The van der Waals surface area contributed by atoms with Crippen LogP contribution in [0.5, 0.6) is 0 Å². The zero-order valence-electron chi connectivity index (χ0n) is 13.0. The largest absolute Gasteiger partial charge is 0.450 e. The lowest BCUT2D eigenvalue weighted by Gasteiger charge is -2.11. The van der Waals surface area contributed by atoms with E-state index in [-0.39, 0.29) is 18.6 Å². The van der Waals surface area contributed by atoms with Crippen molar-refractivity contribution in [2.24, 2.45) is 11.7 Å². The first-order valence-corrected chi connectivity index (χ1v) is 7.67. The second kappa shape index (κ2) is 8.35. The van der Waals surface area contributed by atoms with Gasteiger partial charge in [-0.25, -0.2) is 0 Å². The predicted molar refractivity (Wildman–Crippen MR) is 88.3 cm³/mol. The first kappa shape index (κ1) is 16.2. The Bertz CT molecular complexity index is 571.